The number of thiazole rings is 1. The van der Waals surface area contributed by atoms with Crippen LogP contribution in [-0.4, -0.2) is 25.5 Å². The first kappa shape index (κ1) is 12.4. The molecule has 0 bridgehead atoms. The first-order valence-electron chi connectivity index (χ1n) is 6.39. The van der Waals surface area contributed by atoms with Gasteiger partial charge in [0, 0.05) is 30.5 Å². The van der Waals surface area contributed by atoms with Crippen molar-refractivity contribution < 1.29 is 0 Å². The Morgan fingerprint density at radius 3 is 3.00 bits per heavy atom. The molecule has 1 N–H and O–H groups in total. The molecule has 19 heavy (non-hydrogen) atoms. The van der Waals surface area contributed by atoms with Crippen molar-refractivity contribution in [2.45, 2.75) is 20.4 Å². The van der Waals surface area contributed by atoms with E-state index in [0.29, 0.717) is 5.92 Å². The van der Waals surface area contributed by atoms with Crippen molar-refractivity contribution in [1.29, 1.82) is 0 Å². The van der Waals surface area contributed by atoms with Gasteiger partial charge in [0.05, 0.1) is 5.69 Å². The number of hydrogen-bond acceptors (Lipinski definition) is 4. The molecule has 0 saturated carbocycles. The maximum Gasteiger partial charge on any atom is 0.195 e. The SMILES string of the molecule is CC(C)CNCc1c(-n2ccnc2)nc2sccn12. The third-order valence-corrected chi connectivity index (χ3v) is 3.69. The monoisotopic (exact) mass is 275 g/mol. The fourth-order valence-electron chi connectivity index (χ4n) is 2.06. The van der Waals surface area contributed by atoms with Crippen LogP contribution in [0, 0.1) is 5.92 Å². The maximum absolute atomic E-state index is 4.68. The second-order valence-corrected chi connectivity index (χ2v) is 5.81. The van der Waals surface area contributed by atoms with Crippen molar-refractivity contribution >= 4 is 16.3 Å². The summed E-state index contributed by atoms with van der Waals surface area (Å²) in [4.78, 5) is 9.80. The second kappa shape index (κ2) is 5.14. The Morgan fingerprint density at radius 1 is 1.37 bits per heavy atom. The van der Waals surface area contributed by atoms with Crippen LogP contribution in [0.15, 0.2) is 30.3 Å². The fourth-order valence-corrected chi connectivity index (χ4v) is 2.78. The van der Waals surface area contributed by atoms with Crippen LogP contribution in [0.2, 0.25) is 0 Å². The van der Waals surface area contributed by atoms with Crippen LogP contribution in [0.3, 0.4) is 0 Å². The van der Waals surface area contributed by atoms with Crippen molar-refractivity contribution in [3.63, 3.8) is 0 Å². The molecule has 0 aliphatic rings. The van der Waals surface area contributed by atoms with E-state index >= 15 is 0 Å². The Balaban J connectivity index is 1.94. The minimum atomic E-state index is 0.641. The Hall–Kier alpha value is -1.66. The number of hydrogen-bond donors (Lipinski definition) is 1. The van der Waals surface area contributed by atoms with Crippen LogP contribution in [0.4, 0.5) is 0 Å². The molecule has 0 radical (unpaired) electrons. The van der Waals surface area contributed by atoms with E-state index in [0.717, 1.165) is 23.9 Å². The molecule has 3 heterocycles. The molecule has 0 aliphatic heterocycles. The zero-order valence-electron chi connectivity index (χ0n) is 11.1. The summed E-state index contributed by atoms with van der Waals surface area (Å²) >= 11 is 1.65. The molecule has 0 aliphatic carbocycles. The smallest absolute Gasteiger partial charge is 0.195 e. The van der Waals surface area contributed by atoms with Crippen LogP contribution in [-0.2, 0) is 6.54 Å². The average Bonchev–Trinajstić information content (AvgIpc) is 3.03. The van der Waals surface area contributed by atoms with Gasteiger partial charge < -0.3 is 5.32 Å². The van der Waals surface area contributed by atoms with Gasteiger partial charge in [0.15, 0.2) is 10.8 Å². The maximum atomic E-state index is 4.68. The van der Waals surface area contributed by atoms with Gasteiger partial charge in [-0.3, -0.25) is 8.97 Å². The van der Waals surface area contributed by atoms with Gasteiger partial charge in [0.2, 0.25) is 0 Å². The number of imidazole rings is 2. The molecule has 0 aromatic carbocycles. The molecular formula is C13H17N5S. The van der Waals surface area contributed by atoms with Gasteiger partial charge in [-0.2, -0.15) is 0 Å². The van der Waals surface area contributed by atoms with E-state index in [1.807, 2.05) is 10.8 Å². The zero-order chi connectivity index (χ0) is 13.2. The van der Waals surface area contributed by atoms with Crippen LogP contribution < -0.4 is 5.32 Å². The predicted molar refractivity (Wildman–Crippen MR) is 76.7 cm³/mol. The summed E-state index contributed by atoms with van der Waals surface area (Å²) in [6.45, 7) is 6.23. The van der Waals surface area contributed by atoms with E-state index in [1.54, 1.807) is 23.9 Å². The lowest BCUT2D eigenvalue weighted by Crippen LogP contribution is -2.20. The molecule has 100 valence electrons. The molecule has 0 saturated heterocycles. The Bertz CT molecular complexity index is 650. The summed E-state index contributed by atoms with van der Waals surface area (Å²) in [5.74, 6) is 1.60. The van der Waals surface area contributed by atoms with Crippen LogP contribution >= 0.6 is 11.3 Å². The third-order valence-electron chi connectivity index (χ3n) is 2.93. The van der Waals surface area contributed by atoms with E-state index in [-0.39, 0.29) is 0 Å². The first-order chi connectivity index (χ1) is 9.25. The average molecular weight is 275 g/mol. The highest BCUT2D eigenvalue weighted by molar-refractivity contribution is 7.15. The molecule has 6 heteroatoms. The summed E-state index contributed by atoms with van der Waals surface area (Å²) in [7, 11) is 0. The number of rotatable bonds is 5. The molecular weight excluding hydrogens is 258 g/mol. The summed E-state index contributed by atoms with van der Waals surface area (Å²) in [6, 6.07) is 0. The van der Waals surface area contributed by atoms with Crippen LogP contribution in [0.5, 0.6) is 0 Å². The lowest BCUT2D eigenvalue weighted by molar-refractivity contribution is 0.546. The van der Waals surface area contributed by atoms with Crippen molar-refractivity contribution in [3.8, 4) is 5.82 Å². The first-order valence-corrected chi connectivity index (χ1v) is 7.27. The summed E-state index contributed by atoms with van der Waals surface area (Å²) < 4.78 is 4.11. The summed E-state index contributed by atoms with van der Waals surface area (Å²) in [5, 5.41) is 5.54. The van der Waals surface area contributed by atoms with Gasteiger partial charge in [-0.05, 0) is 12.5 Å². The fraction of sp³-hybridized carbons (Fsp3) is 0.385. The van der Waals surface area contributed by atoms with E-state index < -0.39 is 0 Å². The molecule has 0 atom stereocenters. The van der Waals surface area contributed by atoms with Gasteiger partial charge in [-0.15, -0.1) is 11.3 Å². The summed E-state index contributed by atoms with van der Waals surface area (Å²) in [6.07, 6.45) is 7.56. The Morgan fingerprint density at radius 2 is 2.26 bits per heavy atom. The van der Waals surface area contributed by atoms with Crippen LogP contribution in [0.25, 0.3) is 10.8 Å². The molecule has 3 aromatic rings. The van der Waals surface area contributed by atoms with Crippen molar-refractivity contribution in [1.82, 2.24) is 24.3 Å². The van der Waals surface area contributed by atoms with E-state index in [2.05, 4.69) is 45.1 Å². The standard InChI is InChI=1S/C13H17N5S/c1-10(2)7-15-8-11-12(17-4-3-14-9-17)16-13-18(11)5-6-19-13/h3-6,9-10,15H,7-8H2,1-2H3. The molecule has 3 aromatic heterocycles. The molecule has 0 amide bonds. The van der Waals surface area contributed by atoms with E-state index in [4.69, 9.17) is 0 Å². The van der Waals surface area contributed by atoms with Crippen molar-refractivity contribution in [2.24, 2.45) is 5.92 Å². The predicted octanol–water partition coefficient (Wildman–Crippen LogP) is 2.33. The van der Waals surface area contributed by atoms with Gasteiger partial charge in [0.1, 0.15) is 6.33 Å². The molecule has 0 unspecified atom stereocenters. The molecule has 0 fully saturated rings. The lowest BCUT2D eigenvalue weighted by Gasteiger charge is -2.08. The minimum absolute atomic E-state index is 0.641. The second-order valence-electron chi connectivity index (χ2n) is 4.93. The molecule has 0 spiro atoms. The molecule has 5 nitrogen and oxygen atoms in total. The van der Waals surface area contributed by atoms with Gasteiger partial charge in [0.25, 0.3) is 0 Å². The number of nitrogens with zero attached hydrogens (tertiary/aromatic N) is 4. The van der Waals surface area contributed by atoms with Crippen molar-refractivity contribution in [2.75, 3.05) is 6.54 Å². The van der Waals surface area contributed by atoms with Gasteiger partial charge in [-0.1, -0.05) is 13.8 Å². The highest BCUT2D eigenvalue weighted by atomic mass is 32.1. The lowest BCUT2D eigenvalue weighted by atomic mass is 10.2. The van der Waals surface area contributed by atoms with E-state index in [1.165, 1.54) is 5.69 Å². The van der Waals surface area contributed by atoms with Crippen LogP contribution in [0.1, 0.15) is 19.5 Å². The minimum Gasteiger partial charge on any atom is -0.311 e. The zero-order valence-corrected chi connectivity index (χ0v) is 11.9. The Labute approximate surface area is 115 Å². The normalized spacial score (nSPS) is 11.7. The molecule has 3 rings (SSSR count). The van der Waals surface area contributed by atoms with Gasteiger partial charge in [-0.25, -0.2) is 9.97 Å². The summed E-state index contributed by atoms with van der Waals surface area (Å²) in [5.41, 5.74) is 1.18. The highest BCUT2D eigenvalue weighted by Crippen LogP contribution is 2.20. The highest BCUT2D eigenvalue weighted by Gasteiger charge is 2.14. The number of nitrogens with one attached hydrogen (secondary N) is 1. The number of fused-ring (bicyclic) bond motifs is 1. The third kappa shape index (κ3) is 2.41. The van der Waals surface area contributed by atoms with Crippen molar-refractivity contribution in [3.05, 3.63) is 36.0 Å². The van der Waals surface area contributed by atoms with E-state index in [9.17, 15) is 0 Å². The topological polar surface area (TPSA) is 47.2 Å². The van der Waals surface area contributed by atoms with Gasteiger partial charge >= 0.3 is 0 Å². The largest absolute Gasteiger partial charge is 0.311 e. The quantitative estimate of drug-likeness (QED) is 0.777. The number of aromatic nitrogens is 4. The Kier molecular flexibility index (Phi) is 3.35.